The summed E-state index contributed by atoms with van der Waals surface area (Å²) in [6.07, 6.45) is 10.0. The Balaban J connectivity index is 0.00000240. The van der Waals surface area contributed by atoms with Crippen molar-refractivity contribution in [3.63, 3.8) is 0 Å². The summed E-state index contributed by atoms with van der Waals surface area (Å²) in [6.45, 7) is 3.46. The lowest BCUT2D eigenvalue weighted by Gasteiger charge is -2.32. The summed E-state index contributed by atoms with van der Waals surface area (Å²) in [5.41, 5.74) is 1.04. The highest BCUT2D eigenvalue weighted by molar-refractivity contribution is 7.89. The summed E-state index contributed by atoms with van der Waals surface area (Å²) in [4.78, 5) is 12.7. The van der Waals surface area contributed by atoms with Gasteiger partial charge in [0.05, 0.1) is 4.90 Å². The van der Waals surface area contributed by atoms with Gasteiger partial charge >= 0.3 is 6.03 Å². The highest BCUT2D eigenvalue weighted by Crippen LogP contribution is 2.24. The van der Waals surface area contributed by atoms with Crippen LogP contribution < -0.4 is 10.6 Å². The molecule has 7 heteroatoms. The summed E-state index contributed by atoms with van der Waals surface area (Å²) in [7, 11) is -3.48. The largest absolute Gasteiger partial charge is 0.338 e. The quantitative estimate of drug-likeness (QED) is 0.652. The number of hydrogen-bond donors (Lipinski definition) is 2. The van der Waals surface area contributed by atoms with Gasteiger partial charge in [0.2, 0.25) is 10.0 Å². The van der Waals surface area contributed by atoms with Crippen LogP contribution in [-0.2, 0) is 10.0 Å². The van der Waals surface area contributed by atoms with Crippen LogP contribution in [0.3, 0.4) is 0 Å². The van der Waals surface area contributed by atoms with E-state index in [1.54, 1.807) is 16.4 Å². The fourth-order valence-electron chi connectivity index (χ4n) is 4.35. The number of benzene rings is 1. The number of carbonyl (C=O) groups excluding carboxylic acids is 1. The molecule has 1 aromatic carbocycles. The lowest BCUT2D eigenvalue weighted by molar-refractivity contribution is 0.224. The normalized spacial score (nSPS) is 21.0. The molecule has 3 rings (SSSR count). The molecular weight excluding hydrogens is 410 g/mol. The zero-order chi connectivity index (χ0) is 20.7. The van der Waals surface area contributed by atoms with E-state index in [4.69, 9.17) is 0 Å². The van der Waals surface area contributed by atoms with Crippen molar-refractivity contribution in [2.45, 2.75) is 90.5 Å². The van der Waals surface area contributed by atoms with Gasteiger partial charge in [-0.1, -0.05) is 64.7 Å². The van der Waals surface area contributed by atoms with Gasteiger partial charge in [-0.15, -0.1) is 0 Å². The van der Waals surface area contributed by atoms with Crippen LogP contribution in [0.15, 0.2) is 29.2 Å². The standard InChI is InChI=1S/C22H35N3O3S.2CH4/c1-18-11-13-21(14-12-18)29(27,28)25-15-7-8-19(17-25)16-23-22(26)24-20-9-5-3-2-4-6-10-20;;/h11-14,19-20H,2-10,15-17H2,1H3,(H2,23,24,26);2*1H4. The van der Waals surface area contributed by atoms with Gasteiger partial charge in [0, 0.05) is 25.7 Å². The van der Waals surface area contributed by atoms with Crippen molar-refractivity contribution < 1.29 is 13.2 Å². The Morgan fingerprint density at radius 3 is 2.23 bits per heavy atom. The Labute approximate surface area is 190 Å². The number of amides is 2. The molecule has 2 fully saturated rings. The second-order valence-electron chi connectivity index (χ2n) is 8.58. The van der Waals surface area contributed by atoms with Gasteiger partial charge in [0.1, 0.15) is 0 Å². The zero-order valence-corrected chi connectivity index (χ0v) is 18.3. The van der Waals surface area contributed by atoms with Gasteiger partial charge in [-0.25, -0.2) is 13.2 Å². The second-order valence-corrected chi connectivity index (χ2v) is 10.5. The summed E-state index contributed by atoms with van der Waals surface area (Å²) < 4.78 is 27.4. The Morgan fingerprint density at radius 2 is 1.58 bits per heavy atom. The van der Waals surface area contributed by atoms with Crippen molar-refractivity contribution in [2.75, 3.05) is 19.6 Å². The highest BCUT2D eigenvalue weighted by Gasteiger charge is 2.30. The van der Waals surface area contributed by atoms with Crippen molar-refractivity contribution in [3.05, 3.63) is 29.8 Å². The molecule has 1 aliphatic heterocycles. The third-order valence-corrected chi connectivity index (χ3v) is 8.01. The van der Waals surface area contributed by atoms with E-state index in [1.165, 1.54) is 32.1 Å². The number of carbonyl (C=O) groups is 1. The maximum absolute atomic E-state index is 12.9. The number of nitrogens with one attached hydrogen (secondary N) is 2. The van der Waals surface area contributed by atoms with Gasteiger partial charge in [-0.05, 0) is 50.7 Å². The number of piperidine rings is 1. The molecule has 0 radical (unpaired) electrons. The van der Waals surface area contributed by atoms with Gasteiger partial charge in [0.25, 0.3) is 0 Å². The minimum absolute atomic E-state index is 0. The van der Waals surface area contributed by atoms with Crippen molar-refractivity contribution in [3.8, 4) is 0 Å². The fraction of sp³-hybridized carbons (Fsp3) is 0.708. The second kappa shape index (κ2) is 13.1. The maximum atomic E-state index is 12.9. The third-order valence-electron chi connectivity index (χ3n) is 6.13. The van der Waals surface area contributed by atoms with Crippen molar-refractivity contribution in [1.29, 1.82) is 0 Å². The average molecular weight is 454 g/mol. The Morgan fingerprint density at radius 1 is 0.968 bits per heavy atom. The SMILES string of the molecule is C.C.Cc1ccc(S(=O)(=O)N2CCCC(CNC(=O)NC3CCCCCCC3)C2)cc1. The average Bonchev–Trinajstić information content (AvgIpc) is 2.69. The van der Waals surface area contributed by atoms with Crippen LogP contribution in [-0.4, -0.2) is 44.4 Å². The van der Waals surface area contributed by atoms with Gasteiger partial charge in [0.15, 0.2) is 0 Å². The fourth-order valence-corrected chi connectivity index (χ4v) is 5.90. The number of nitrogens with zero attached hydrogens (tertiary/aromatic N) is 1. The van der Waals surface area contributed by atoms with E-state index in [9.17, 15) is 13.2 Å². The molecule has 1 atom stereocenters. The minimum Gasteiger partial charge on any atom is -0.338 e. The lowest BCUT2D eigenvalue weighted by Crippen LogP contribution is -2.47. The van der Waals surface area contributed by atoms with Gasteiger partial charge in [-0.2, -0.15) is 4.31 Å². The predicted octanol–water partition coefficient (Wildman–Crippen LogP) is 5.08. The molecule has 178 valence electrons. The Hall–Kier alpha value is -1.60. The van der Waals surface area contributed by atoms with Crippen molar-refractivity contribution in [1.82, 2.24) is 14.9 Å². The molecule has 2 amide bonds. The number of hydrogen-bond acceptors (Lipinski definition) is 3. The first-order valence-electron chi connectivity index (χ1n) is 11.1. The molecule has 1 aromatic rings. The van der Waals surface area contributed by atoms with Crippen LogP contribution >= 0.6 is 0 Å². The molecule has 2 N–H and O–H groups in total. The van der Waals surface area contributed by atoms with Crippen LogP contribution in [0.25, 0.3) is 0 Å². The van der Waals surface area contributed by atoms with Gasteiger partial charge in [-0.3, -0.25) is 0 Å². The van der Waals surface area contributed by atoms with Crippen molar-refractivity contribution in [2.24, 2.45) is 5.92 Å². The third kappa shape index (κ3) is 8.11. The first-order valence-corrected chi connectivity index (χ1v) is 12.5. The van der Waals surface area contributed by atoms with Crippen molar-refractivity contribution >= 4 is 16.1 Å². The molecule has 1 saturated carbocycles. The van der Waals surface area contributed by atoms with Crippen LogP contribution in [0.4, 0.5) is 4.79 Å². The predicted molar refractivity (Wildman–Crippen MR) is 129 cm³/mol. The summed E-state index contributed by atoms with van der Waals surface area (Å²) in [6, 6.07) is 7.16. The molecule has 1 aliphatic carbocycles. The van der Waals surface area contributed by atoms with Crippen LogP contribution in [0.2, 0.25) is 0 Å². The zero-order valence-electron chi connectivity index (χ0n) is 17.5. The topological polar surface area (TPSA) is 78.5 Å². The lowest BCUT2D eigenvalue weighted by atomic mass is 9.97. The van der Waals surface area contributed by atoms with Crippen LogP contribution in [0.1, 0.15) is 78.2 Å². The van der Waals surface area contributed by atoms with E-state index in [0.29, 0.717) is 24.5 Å². The molecule has 0 aromatic heterocycles. The molecule has 1 heterocycles. The number of urea groups is 1. The van der Waals surface area contributed by atoms with Gasteiger partial charge < -0.3 is 10.6 Å². The summed E-state index contributed by atoms with van der Waals surface area (Å²) in [5, 5.41) is 6.10. The molecule has 1 unspecified atom stereocenters. The molecule has 6 nitrogen and oxygen atoms in total. The van der Waals surface area contributed by atoms with E-state index in [1.807, 2.05) is 19.1 Å². The van der Waals surface area contributed by atoms with E-state index >= 15 is 0 Å². The van der Waals surface area contributed by atoms with Crippen LogP contribution in [0.5, 0.6) is 0 Å². The minimum atomic E-state index is -3.48. The number of rotatable bonds is 5. The maximum Gasteiger partial charge on any atom is 0.315 e. The summed E-state index contributed by atoms with van der Waals surface area (Å²) >= 11 is 0. The molecule has 0 spiro atoms. The molecule has 2 aliphatic rings. The molecule has 31 heavy (non-hydrogen) atoms. The number of sulfonamides is 1. The molecular formula is C24H43N3O3S. The Bertz CT molecular complexity index is 757. The highest BCUT2D eigenvalue weighted by atomic mass is 32.2. The van der Waals surface area contributed by atoms with E-state index in [-0.39, 0.29) is 32.8 Å². The number of aryl methyl sites for hydroxylation is 1. The first kappa shape index (κ1) is 27.4. The first-order chi connectivity index (χ1) is 13.9. The van der Waals surface area contributed by atoms with Crippen LogP contribution in [0, 0.1) is 12.8 Å². The van der Waals surface area contributed by atoms with E-state index in [2.05, 4.69) is 10.6 Å². The Kier molecular flexibility index (Phi) is 11.6. The molecule has 1 saturated heterocycles. The molecule has 0 bridgehead atoms. The monoisotopic (exact) mass is 453 g/mol. The summed E-state index contributed by atoms with van der Waals surface area (Å²) in [5.74, 6) is 0.145. The smallest absolute Gasteiger partial charge is 0.315 e. The van der Waals surface area contributed by atoms with E-state index < -0.39 is 10.0 Å². The van der Waals surface area contributed by atoms with E-state index in [0.717, 1.165) is 31.2 Å².